The maximum atomic E-state index is 12.1. The first-order valence-corrected chi connectivity index (χ1v) is 9.69. The van der Waals surface area contributed by atoms with Gasteiger partial charge in [-0.05, 0) is 42.3 Å². The number of aryl methyl sites for hydroxylation is 1. The van der Waals surface area contributed by atoms with Gasteiger partial charge in [0.05, 0.1) is 4.90 Å². The molecule has 0 saturated heterocycles. The zero-order valence-corrected chi connectivity index (χ0v) is 16.4. The Morgan fingerprint density at radius 2 is 1.88 bits per heavy atom. The van der Waals surface area contributed by atoms with Crippen molar-refractivity contribution < 1.29 is 17.9 Å². The molecule has 0 aliphatic heterocycles. The van der Waals surface area contributed by atoms with Crippen LogP contribution >= 0.6 is 11.6 Å². The highest BCUT2D eigenvalue weighted by molar-refractivity contribution is 7.89. The summed E-state index contributed by atoms with van der Waals surface area (Å²) in [6.45, 7) is 1.86. The molecule has 0 radical (unpaired) electrons. The first kappa shape index (κ1) is 20.2. The molecule has 8 heteroatoms. The van der Waals surface area contributed by atoms with E-state index in [1.54, 1.807) is 19.1 Å². The highest BCUT2D eigenvalue weighted by Gasteiger charge is 2.18. The summed E-state index contributed by atoms with van der Waals surface area (Å²) in [4.78, 5) is 12.1. The molecule has 0 unspecified atom stereocenters. The summed E-state index contributed by atoms with van der Waals surface area (Å²) in [5.41, 5.74) is 1.45. The summed E-state index contributed by atoms with van der Waals surface area (Å²) in [5, 5.41) is 3.31. The second kappa shape index (κ2) is 8.53. The van der Waals surface area contributed by atoms with Crippen LogP contribution < -0.4 is 10.1 Å². The van der Waals surface area contributed by atoms with Gasteiger partial charge in [-0.2, -0.15) is 0 Å². The van der Waals surface area contributed by atoms with Crippen molar-refractivity contribution in [1.82, 2.24) is 9.62 Å². The van der Waals surface area contributed by atoms with Gasteiger partial charge in [-0.3, -0.25) is 4.79 Å². The summed E-state index contributed by atoms with van der Waals surface area (Å²) < 4.78 is 30.9. The summed E-state index contributed by atoms with van der Waals surface area (Å²) in [7, 11) is -0.563. The second-order valence-electron chi connectivity index (χ2n) is 5.87. The van der Waals surface area contributed by atoms with Crippen molar-refractivity contribution in [3.05, 3.63) is 58.6 Å². The molecule has 26 heavy (non-hydrogen) atoms. The molecule has 2 aromatic carbocycles. The molecule has 0 aromatic heterocycles. The van der Waals surface area contributed by atoms with Gasteiger partial charge in [0.2, 0.25) is 10.0 Å². The van der Waals surface area contributed by atoms with Crippen LogP contribution in [0, 0.1) is 6.92 Å². The largest absolute Gasteiger partial charge is 0.484 e. The molecule has 1 amide bonds. The van der Waals surface area contributed by atoms with Crippen LogP contribution in [0.1, 0.15) is 11.1 Å². The van der Waals surface area contributed by atoms with Crippen LogP contribution in [0.15, 0.2) is 47.4 Å². The molecule has 0 fully saturated rings. The minimum atomic E-state index is -3.50. The summed E-state index contributed by atoms with van der Waals surface area (Å²) >= 11 is 6.04. The number of halogens is 1. The van der Waals surface area contributed by atoms with Crippen LogP contribution in [0.25, 0.3) is 0 Å². The number of amides is 1. The number of sulfonamides is 1. The van der Waals surface area contributed by atoms with Gasteiger partial charge in [-0.15, -0.1) is 0 Å². The Bertz CT molecular complexity index is 898. The standard InChI is InChI=1S/C18H21ClN2O4S/c1-13-10-15(26(23,24)21(2)3)8-9-17(13)25-12-18(22)20-11-14-6-4-5-7-16(14)19/h4-10H,11-12H2,1-3H3,(H,20,22). The molecular weight excluding hydrogens is 376 g/mol. The van der Waals surface area contributed by atoms with Crippen molar-refractivity contribution >= 4 is 27.5 Å². The van der Waals surface area contributed by atoms with Crippen LogP contribution in [0.5, 0.6) is 5.75 Å². The molecular formula is C18H21ClN2O4S. The van der Waals surface area contributed by atoms with Crippen molar-refractivity contribution in [3.8, 4) is 5.75 Å². The van der Waals surface area contributed by atoms with E-state index in [2.05, 4.69) is 5.32 Å². The lowest BCUT2D eigenvalue weighted by Crippen LogP contribution is -2.28. The van der Waals surface area contributed by atoms with E-state index in [1.807, 2.05) is 18.2 Å². The molecule has 1 N–H and O–H groups in total. The number of rotatable bonds is 7. The van der Waals surface area contributed by atoms with E-state index in [1.165, 1.54) is 26.2 Å². The molecule has 140 valence electrons. The first-order chi connectivity index (χ1) is 12.2. The number of ether oxygens (including phenoxy) is 1. The van der Waals surface area contributed by atoms with Crippen molar-refractivity contribution in [2.75, 3.05) is 20.7 Å². The minimum absolute atomic E-state index is 0.176. The van der Waals surface area contributed by atoms with E-state index in [9.17, 15) is 13.2 Å². The zero-order valence-electron chi connectivity index (χ0n) is 14.8. The SMILES string of the molecule is Cc1cc(S(=O)(=O)N(C)C)ccc1OCC(=O)NCc1ccccc1Cl. The summed E-state index contributed by atoms with van der Waals surface area (Å²) in [6, 6.07) is 11.8. The smallest absolute Gasteiger partial charge is 0.258 e. The van der Waals surface area contributed by atoms with Crippen LogP contribution in [0.2, 0.25) is 5.02 Å². The predicted molar refractivity (Wildman–Crippen MR) is 101 cm³/mol. The molecule has 0 saturated carbocycles. The maximum absolute atomic E-state index is 12.1. The van der Waals surface area contributed by atoms with Crippen molar-refractivity contribution in [2.45, 2.75) is 18.4 Å². The molecule has 0 bridgehead atoms. The third-order valence-corrected chi connectivity index (χ3v) is 5.90. The van der Waals surface area contributed by atoms with Crippen LogP contribution in [0.4, 0.5) is 0 Å². The highest BCUT2D eigenvalue weighted by atomic mass is 35.5. The number of carbonyl (C=O) groups is 1. The number of nitrogens with one attached hydrogen (secondary N) is 1. The Balaban J connectivity index is 1.95. The Labute approximate surface area is 158 Å². The lowest BCUT2D eigenvalue weighted by atomic mass is 10.2. The molecule has 2 aromatic rings. The maximum Gasteiger partial charge on any atom is 0.258 e. The van der Waals surface area contributed by atoms with Gasteiger partial charge in [0.15, 0.2) is 6.61 Å². The molecule has 0 heterocycles. The molecule has 0 atom stereocenters. The fraction of sp³-hybridized carbons (Fsp3) is 0.278. The normalized spacial score (nSPS) is 11.4. The van der Waals surface area contributed by atoms with Gasteiger partial charge in [0.25, 0.3) is 5.91 Å². The Morgan fingerprint density at radius 3 is 2.50 bits per heavy atom. The number of nitrogens with zero attached hydrogens (tertiary/aromatic N) is 1. The fourth-order valence-electron chi connectivity index (χ4n) is 2.19. The highest BCUT2D eigenvalue weighted by Crippen LogP contribution is 2.23. The number of hydrogen-bond donors (Lipinski definition) is 1. The van der Waals surface area contributed by atoms with Crippen LogP contribution in [-0.4, -0.2) is 39.3 Å². The van der Waals surface area contributed by atoms with Gasteiger partial charge in [-0.25, -0.2) is 12.7 Å². The average Bonchev–Trinajstić information content (AvgIpc) is 2.59. The molecule has 2 rings (SSSR count). The van der Waals surface area contributed by atoms with Crippen molar-refractivity contribution in [1.29, 1.82) is 0 Å². The number of benzene rings is 2. The Morgan fingerprint density at radius 1 is 1.19 bits per heavy atom. The molecule has 0 aliphatic carbocycles. The van der Waals surface area contributed by atoms with E-state index in [-0.39, 0.29) is 17.4 Å². The van der Waals surface area contributed by atoms with E-state index in [4.69, 9.17) is 16.3 Å². The topological polar surface area (TPSA) is 75.7 Å². The average molecular weight is 397 g/mol. The lowest BCUT2D eigenvalue weighted by Gasteiger charge is -2.14. The number of carbonyl (C=O) groups excluding carboxylic acids is 1. The second-order valence-corrected chi connectivity index (χ2v) is 8.43. The minimum Gasteiger partial charge on any atom is -0.484 e. The third-order valence-electron chi connectivity index (χ3n) is 3.72. The van der Waals surface area contributed by atoms with E-state index in [0.717, 1.165) is 9.87 Å². The summed E-state index contributed by atoms with van der Waals surface area (Å²) in [5.74, 6) is 0.157. The zero-order chi connectivity index (χ0) is 19.3. The van der Waals surface area contributed by atoms with Gasteiger partial charge >= 0.3 is 0 Å². The molecule has 6 nitrogen and oxygen atoms in total. The monoisotopic (exact) mass is 396 g/mol. The van der Waals surface area contributed by atoms with Gasteiger partial charge in [0, 0.05) is 25.7 Å². The van der Waals surface area contributed by atoms with Gasteiger partial charge < -0.3 is 10.1 Å². The van der Waals surface area contributed by atoms with Gasteiger partial charge in [0.1, 0.15) is 5.75 Å². The lowest BCUT2D eigenvalue weighted by molar-refractivity contribution is -0.123. The van der Waals surface area contributed by atoms with Gasteiger partial charge in [-0.1, -0.05) is 29.8 Å². The van der Waals surface area contributed by atoms with E-state index >= 15 is 0 Å². The molecule has 0 spiro atoms. The Hall–Kier alpha value is -2.09. The van der Waals surface area contributed by atoms with Crippen LogP contribution in [0.3, 0.4) is 0 Å². The van der Waals surface area contributed by atoms with Crippen molar-refractivity contribution in [2.24, 2.45) is 0 Å². The number of hydrogen-bond acceptors (Lipinski definition) is 4. The van der Waals surface area contributed by atoms with E-state index in [0.29, 0.717) is 22.9 Å². The Kier molecular flexibility index (Phi) is 6.63. The first-order valence-electron chi connectivity index (χ1n) is 7.88. The molecule has 0 aliphatic rings. The summed E-state index contributed by atoms with van der Waals surface area (Å²) in [6.07, 6.45) is 0. The van der Waals surface area contributed by atoms with Crippen molar-refractivity contribution in [3.63, 3.8) is 0 Å². The fourth-order valence-corrected chi connectivity index (χ4v) is 3.37. The van der Waals surface area contributed by atoms with Crippen LogP contribution in [-0.2, 0) is 21.4 Å². The predicted octanol–water partition coefficient (Wildman–Crippen LogP) is 2.59. The third kappa shape index (κ3) is 4.97. The quantitative estimate of drug-likeness (QED) is 0.780. The van der Waals surface area contributed by atoms with E-state index < -0.39 is 10.0 Å².